The van der Waals surface area contributed by atoms with Crippen LogP contribution < -0.4 is 0 Å². The molecule has 0 aromatic heterocycles. The van der Waals surface area contributed by atoms with E-state index in [1.165, 1.54) is 18.2 Å². The average molecular weight is 198 g/mol. The monoisotopic (exact) mass is 198 g/mol. The first-order valence-electron chi connectivity index (χ1n) is 4.41. The maximum Gasteiger partial charge on any atom is 0.330 e. The van der Waals surface area contributed by atoms with Gasteiger partial charge in [0.1, 0.15) is 0 Å². The van der Waals surface area contributed by atoms with Crippen molar-refractivity contribution in [2.24, 2.45) is 0 Å². The minimum atomic E-state index is -1.05. The molecule has 0 aliphatic rings. The quantitative estimate of drug-likeness (QED) is 0.304. The number of hydrogen-bond donors (Lipinski definition) is 1. The maximum absolute atomic E-state index is 10.9. The van der Waals surface area contributed by atoms with Gasteiger partial charge in [0.15, 0.2) is 0 Å². The lowest BCUT2D eigenvalue weighted by Gasteiger charge is -1.97. The molecular formula is C10H14O4. The Morgan fingerprint density at radius 2 is 1.93 bits per heavy atom. The molecule has 0 saturated heterocycles. The van der Waals surface area contributed by atoms with Crippen molar-refractivity contribution in [3.8, 4) is 0 Å². The minimum Gasteiger partial charge on any atom is -0.478 e. The van der Waals surface area contributed by atoms with E-state index in [4.69, 9.17) is 9.84 Å². The van der Waals surface area contributed by atoms with Gasteiger partial charge < -0.3 is 9.84 Å². The van der Waals surface area contributed by atoms with Gasteiger partial charge in [-0.1, -0.05) is 25.5 Å². The van der Waals surface area contributed by atoms with Crippen molar-refractivity contribution < 1.29 is 19.4 Å². The van der Waals surface area contributed by atoms with Gasteiger partial charge in [0.25, 0.3) is 0 Å². The second kappa shape index (κ2) is 8.04. The van der Waals surface area contributed by atoms with Crippen molar-refractivity contribution in [3.05, 3.63) is 24.3 Å². The second-order valence-electron chi connectivity index (χ2n) is 2.58. The number of unbranched alkanes of at least 4 members (excludes halogenated alkanes) is 1. The van der Waals surface area contributed by atoms with Crippen molar-refractivity contribution in [2.75, 3.05) is 6.61 Å². The van der Waals surface area contributed by atoms with Crippen LogP contribution in [0.3, 0.4) is 0 Å². The highest BCUT2D eigenvalue weighted by atomic mass is 16.5. The number of esters is 1. The number of carboxylic acid groups (broad SMARTS) is 1. The molecule has 0 unspecified atom stereocenters. The van der Waals surface area contributed by atoms with E-state index in [2.05, 4.69) is 0 Å². The Morgan fingerprint density at radius 3 is 2.50 bits per heavy atom. The van der Waals surface area contributed by atoms with Crippen molar-refractivity contribution in [2.45, 2.75) is 19.8 Å². The Balaban J connectivity index is 3.66. The molecule has 0 aromatic rings. The summed E-state index contributed by atoms with van der Waals surface area (Å²) in [5, 5.41) is 8.22. The standard InChI is InChI=1S/C10H14O4/c1-2-3-8-14-10(13)7-5-4-6-9(11)12/h4-7H,2-3,8H2,1H3,(H,11,12)/b6-4-,7-5+. The molecule has 0 radical (unpaired) electrons. The van der Waals surface area contributed by atoms with Gasteiger partial charge in [0.2, 0.25) is 0 Å². The fourth-order valence-electron chi connectivity index (χ4n) is 0.637. The van der Waals surface area contributed by atoms with E-state index < -0.39 is 11.9 Å². The average Bonchev–Trinajstić information content (AvgIpc) is 2.13. The first-order chi connectivity index (χ1) is 6.66. The van der Waals surface area contributed by atoms with Gasteiger partial charge in [-0.2, -0.15) is 0 Å². The van der Waals surface area contributed by atoms with E-state index in [0.29, 0.717) is 6.61 Å². The van der Waals surface area contributed by atoms with E-state index in [-0.39, 0.29) is 0 Å². The number of allylic oxidation sites excluding steroid dienone is 2. The Hall–Kier alpha value is -1.58. The molecule has 0 saturated carbocycles. The van der Waals surface area contributed by atoms with Crippen LogP contribution in [0, 0.1) is 0 Å². The number of carbonyl (C=O) groups is 2. The summed E-state index contributed by atoms with van der Waals surface area (Å²) in [4.78, 5) is 20.9. The molecule has 0 aliphatic heterocycles. The predicted octanol–water partition coefficient (Wildman–Crippen LogP) is 1.53. The van der Waals surface area contributed by atoms with Crippen LogP contribution in [0.1, 0.15) is 19.8 Å². The summed E-state index contributed by atoms with van der Waals surface area (Å²) in [7, 11) is 0. The highest BCUT2D eigenvalue weighted by Crippen LogP contribution is 1.90. The lowest BCUT2D eigenvalue weighted by atomic mass is 10.4. The molecule has 0 fully saturated rings. The molecule has 0 spiro atoms. The van der Waals surface area contributed by atoms with Crippen molar-refractivity contribution >= 4 is 11.9 Å². The van der Waals surface area contributed by atoms with Crippen LogP contribution in [0.25, 0.3) is 0 Å². The number of hydrogen-bond acceptors (Lipinski definition) is 3. The molecule has 0 rings (SSSR count). The largest absolute Gasteiger partial charge is 0.478 e. The Labute approximate surface area is 82.9 Å². The van der Waals surface area contributed by atoms with E-state index in [9.17, 15) is 9.59 Å². The summed E-state index contributed by atoms with van der Waals surface area (Å²) in [5.74, 6) is -1.50. The highest BCUT2D eigenvalue weighted by molar-refractivity contribution is 5.83. The minimum absolute atomic E-state index is 0.405. The van der Waals surface area contributed by atoms with Gasteiger partial charge in [-0.3, -0.25) is 0 Å². The van der Waals surface area contributed by atoms with Crippen LogP contribution in [-0.2, 0) is 14.3 Å². The van der Waals surface area contributed by atoms with Crippen LogP contribution in [0.5, 0.6) is 0 Å². The summed E-state index contributed by atoms with van der Waals surface area (Å²) >= 11 is 0. The van der Waals surface area contributed by atoms with Gasteiger partial charge in [-0.05, 0) is 6.42 Å². The Kier molecular flexibility index (Phi) is 7.13. The van der Waals surface area contributed by atoms with Crippen LogP contribution in [0.2, 0.25) is 0 Å². The molecule has 1 N–H and O–H groups in total. The third kappa shape index (κ3) is 8.52. The van der Waals surface area contributed by atoms with E-state index in [1.54, 1.807) is 0 Å². The molecule has 14 heavy (non-hydrogen) atoms. The van der Waals surface area contributed by atoms with Gasteiger partial charge in [-0.15, -0.1) is 0 Å². The first kappa shape index (κ1) is 12.4. The second-order valence-corrected chi connectivity index (χ2v) is 2.58. The number of aliphatic carboxylic acids is 1. The van der Waals surface area contributed by atoms with Crippen LogP contribution in [0.15, 0.2) is 24.3 Å². The Morgan fingerprint density at radius 1 is 1.29 bits per heavy atom. The fourth-order valence-corrected chi connectivity index (χ4v) is 0.637. The molecule has 0 aromatic carbocycles. The summed E-state index contributed by atoms with van der Waals surface area (Å²) in [6.45, 7) is 2.40. The smallest absolute Gasteiger partial charge is 0.330 e. The zero-order valence-corrected chi connectivity index (χ0v) is 8.10. The summed E-state index contributed by atoms with van der Waals surface area (Å²) in [5.41, 5.74) is 0. The number of carbonyl (C=O) groups excluding carboxylic acids is 1. The van der Waals surface area contributed by atoms with Gasteiger partial charge >= 0.3 is 11.9 Å². The van der Waals surface area contributed by atoms with E-state index in [1.807, 2.05) is 6.92 Å². The van der Waals surface area contributed by atoms with Gasteiger partial charge in [0.05, 0.1) is 6.61 Å². The van der Waals surface area contributed by atoms with Crippen molar-refractivity contribution in [1.29, 1.82) is 0 Å². The molecule has 4 nitrogen and oxygen atoms in total. The zero-order chi connectivity index (χ0) is 10.8. The van der Waals surface area contributed by atoms with Gasteiger partial charge in [-0.25, -0.2) is 9.59 Å². The van der Waals surface area contributed by atoms with Crippen LogP contribution in [0.4, 0.5) is 0 Å². The number of rotatable bonds is 6. The van der Waals surface area contributed by atoms with E-state index in [0.717, 1.165) is 18.9 Å². The molecule has 4 heteroatoms. The van der Waals surface area contributed by atoms with Crippen molar-refractivity contribution in [1.82, 2.24) is 0 Å². The first-order valence-corrected chi connectivity index (χ1v) is 4.41. The van der Waals surface area contributed by atoms with Crippen LogP contribution in [-0.4, -0.2) is 23.7 Å². The summed E-state index contributed by atoms with van der Waals surface area (Å²) in [6, 6.07) is 0. The fraction of sp³-hybridized carbons (Fsp3) is 0.400. The predicted molar refractivity (Wildman–Crippen MR) is 51.8 cm³/mol. The van der Waals surface area contributed by atoms with Crippen molar-refractivity contribution in [3.63, 3.8) is 0 Å². The third-order valence-electron chi connectivity index (χ3n) is 1.32. The molecule has 78 valence electrons. The zero-order valence-electron chi connectivity index (χ0n) is 8.10. The molecule has 0 aliphatic carbocycles. The van der Waals surface area contributed by atoms with Crippen LogP contribution >= 0.6 is 0 Å². The Bertz CT molecular complexity index is 241. The van der Waals surface area contributed by atoms with E-state index >= 15 is 0 Å². The molecule has 0 amide bonds. The molecule has 0 bridgehead atoms. The topological polar surface area (TPSA) is 63.6 Å². The lowest BCUT2D eigenvalue weighted by Crippen LogP contribution is -2.01. The SMILES string of the molecule is CCCCOC(=O)/C=C/C=C\C(=O)O. The molecule has 0 atom stereocenters. The van der Waals surface area contributed by atoms with Gasteiger partial charge in [0, 0.05) is 12.2 Å². The third-order valence-corrected chi connectivity index (χ3v) is 1.32. The summed E-state index contributed by atoms with van der Waals surface area (Å²) in [6.07, 6.45) is 6.54. The highest BCUT2D eigenvalue weighted by Gasteiger charge is 1.93. The number of carboxylic acids is 1. The number of ether oxygens (including phenoxy) is 1. The maximum atomic E-state index is 10.9. The normalized spacial score (nSPS) is 10.9. The molecule has 0 heterocycles. The summed E-state index contributed by atoms with van der Waals surface area (Å²) < 4.78 is 4.78. The molecular weight excluding hydrogens is 184 g/mol. The lowest BCUT2D eigenvalue weighted by molar-refractivity contribution is -0.138.